The number of aromatic nitrogens is 4. The van der Waals surface area contributed by atoms with Gasteiger partial charge in [0.2, 0.25) is 5.91 Å². The van der Waals surface area contributed by atoms with E-state index in [-0.39, 0.29) is 79.2 Å². The van der Waals surface area contributed by atoms with Crippen molar-refractivity contribution in [1.29, 1.82) is 0 Å². The fourth-order valence-corrected chi connectivity index (χ4v) is 37.4. The molecule has 143 heavy (non-hydrogen) atoms. The largest absolute Gasteiger partial charge is 0.389 e. The van der Waals surface area contributed by atoms with Crippen LogP contribution in [0.3, 0.4) is 0 Å². The molecule has 8 spiro atoms. The van der Waals surface area contributed by atoms with Gasteiger partial charge in [0.1, 0.15) is 6.61 Å². The van der Waals surface area contributed by atoms with E-state index in [9.17, 15) is 15.0 Å². The number of carbonyl (C=O) groups excluding carboxylic acids is 1. The summed E-state index contributed by atoms with van der Waals surface area (Å²) in [5.41, 5.74) is 35.7. The lowest BCUT2D eigenvalue weighted by Crippen LogP contribution is -2.62. The van der Waals surface area contributed by atoms with Gasteiger partial charge in [-0.2, -0.15) is 0 Å². The van der Waals surface area contributed by atoms with E-state index in [1.807, 2.05) is 49.6 Å². The monoisotopic (exact) mass is 1920 g/mol. The highest BCUT2D eigenvalue weighted by molar-refractivity contribution is 5.85. The van der Waals surface area contributed by atoms with E-state index < -0.39 is 18.1 Å². The Labute approximate surface area is 844 Å². The van der Waals surface area contributed by atoms with Crippen LogP contribution in [0.2, 0.25) is 0 Å². The van der Waals surface area contributed by atoms with Crippen LogP contribution < -0.4 is 17.2 Å². The first-order valence-corrected chi connectivity index (χ1v) is 56.1. The average Bonchev–Trinajstić information content (AvgIpc) is 1.53. The van der Waals surface area contributed by atoms with Crippen LogP contribution >= 0.6 is 0 Å². The van der Waals surface area contributed by atoms with E-state index in [1.165, 1.54) is 234 Å². The summed E-state index contributed by atoms with van der Waals surface area (Å²) >= 11 is 0. The smallest absolute Gasteiger partial charge is 0.243 e. The van der Waals surface area contributed by atoms with Gasteiger partial charge in [0.25, 0.3) is 0 Å². The van der Waals surface area contributed by atoms with E-state index in [1.54, 1.807) is 11.1 Å². The van der Waals surface area contributed by atoms with Crippen molar-refractivity contribution < 1.29 is 38.7 Å². The number of hydrogen-bond donors (Lipinski definition) is 5. The Morgan fingerprint density at radius 2 is 0.671 bits per heavy atom. The van der Waals surface area contributed by atoms with Crippen molar-refractivity contribution in [3.63, 3.8) is 0 Å². The molecule has 7 saturated heterocycles. The number of nitrogens with two attached hydrogens (primary N) is 3. The molecule has 0 radical (unpaired) electrons. The van der Waals surface area contributed by atoms with Crippen LogP contribution in [0.4, 0.5) is 0 Å². The van der Waals surface area contributed by atoms with E-state index >= 15 is 0 Å². The van der Waals surface area contributed by atoms with Gasteiger partial charge < -0.3 is 51.1 Å². The molecule has 8 N–H and O–H groups in total. The van der Waals surface area contributed by atoms with Gasteiger partial charge in [0.15, 0.2) is 0 Å². The maximum absolute atomic E-state index is 11.3. The minimum Gasteiger partial charge on any atom is -0.389 e. The number of likely N-dealkylation sites (tertiary alicyclic amines) is 3. The number of aliphatic hydroxyl groups excluding tert-OH is 2. The number of rotatable bonds is 10. The Balaban J connectivity index is 0.0000000929. The lowest BCUT2D eigenvalue weighted by atomic mass is 9.58. The van der Waals surface area contributed by atoms with Gasteiger partial charge >= 0.3 is 0 Å². The van der Waals surface area contributed by atoms with Crippen molar-refractivity contribution in [3.8, 4) is 0 Å². The van der Waals surface area contributed by atoms with Gasteiger partial charge in [0, 0.05) is 147 Å². The lowest BCUT2D eigenvalue weighted by Gasteiger charge is -2.55. The van der Waals surface area contributed by atoms with Gasteiger partial charge in [0.05, 0.1) is 63.1 Å². The van der Waals surface area contributed by atoms with Crippen LogP contribution in [0.5, 0.6) is 0 Å². The summed E-state index contributed by atoms with van der Waals surface area (Å²) in [4.78, 5) is 36.4. The number of pyridine rings is 4. The van der Waals surface area contributed by atoms with Crippen LogP contribution in [0.15, 0.2) is 240 Å². The Hall–Kier alpha value is -8.57. The fraction of sp³-hybridized carbons (Fsp3) is 0.576. The van der Waals surface area contributed by atoms with Crippen molar-refractivity contribution in [2.45, 2.75) is 357 Å². The quantitative estimate of drug-likeness (QED) is 0.0855. The third-order valence-corrected chi connectivity index (χ3v) is 44.4. The molecule has 15 heterocycles. The zero-order valence-corrected chi connectivity index (χ0v) is 84.7. The van der Waals surface area contributed by atoms with Crippen LogP contribution in [-0.4, -0.2) is 190 Å². The van der Waals surface area contributed by atoms with Crippen LogP contribution in [0.1, 0.15) is 286 Å². The van der Waals surface area contributed by atoms with E-state index in [0.717, 1.165) is 103 Å². The van der Waals surface area contributed by atoms with Gasteiger partial charge in [-0.05, 0) is 411 Å². The second-order valence-corrected chi connectivity index (χ2v) is 50.9. The summed E-state index contributed by atoms with van der Waals surface area (Å²) < 4.78 is 35.7. The SMILES string of the molecule is C[C@]12CC=C3C=C4CC[C@@H](N5CC(N)C5)C[C@]45CCC3(O5)[C@@H]1CC[C@@H]2c1ccc2ccncc2c1.C[C@]12CC=C3C=C4CC[C@@H](N5CC[C@@H](N)C5)C[C@]45CCC3(O5)[C@@H]1CC[C@@H]2c1ccc2ccncc2c1.C[C@]12CC=C3C=C4CC[C@@H](N5C[C@H](O)[C@@H](O)C5)C[C@]45CCC3(O5)[C@@H]1CC[C@@H]2c1ccc2ccncc2c1.C[C@]12CC=C3C=C4CC[C@@H](OCC(N)=O)C[C@]45CCC3(O5)[C@@H]1CC[C@@H]2c1ccc2ccncc2c1. The number of ether oxygens (including phenoxy) is 5. The van der Waals surface area contributed by atoms with Crippen molar-refractivity contribution in [2.24, 2.45) is 62.5 Å². The number of β-amino-alcohol motifs (C(OH)–C–C–N with tert-alkyl or cyclic N) is 2. The van der Waals surface area contributed by atoms with E-state index in [0.29, 0.717) is 90.6 Å². The summed E-state index contributed by atoms with van der Waals surface area (Å²) in [6.45, 7) is 15.7. The Morgan fingerprint density at radius 3 is 0.986 bits per heavy atom. The molecule has 31 rings (SSSR count). The number of nitrogens with zero attached hydrogens (tertiary/aromatic N) is 7. The number of fused-ring (bicyclic) bond motifs is 8. The third kappa shape index (κ3) is 14.0. The highest BCUT2D eigenvalue weighted by Crippen LogP contribution is 2.76. The summed E-state index contributed by atoms with van der Waals surface area (Å²) in [6, 6.07) is 39.0. The number of aliphatic hydroxyl groups is 2. The van der Waals surface area contributed by atoms with Gasteiger partial charge in [-0.15, -0.1) is 0 Å². The molecule has 27 atom stereocenters. The highest BCUT2D eigenvalue weighted by atomic mass is 16.6. The fourth-order valence-electron chi connectivity index (χ4n) is 37.4. The molecule has 23 aliphatic rings. The van der Waals surface area contributed by atoms with Gasteiger partial charge in [-0.3, -0.25) is 39.4 Å². The van der Waals surface area contributed by atoms with E-state index in [2.05, 4.69) is 208 Å². The second kappa shape index (κ2) is 33.5. The van der Waals surface area contributed by atoms with Crippen LogP contribution in [0, 0.1) is 45.3 Å². The number of benzene rings is 4. The molecular weight excluding hydrogens is 1770 g/mol. The van der Waals surface area contributed by atoms with Crippen molar-refractivity contribution in [1.82, 2.24) is 34.6 Å². The third-order valence-electron chi connectivity index (χ3n) is 44.4. The van der Waals surface area contributed by atoms with Crippen LogP contribution in [-0.2, 0) is 28.5 Å². The first kappa shape index (κ1) is 91.8. The standard InChI is InChI=1S/C32H39N3O.C32H38N2O3.C31H37N3O.C30H34N2O3/c1-30-11-8-25-17-24-4-5-27(35-15-10-26(33)20-35)18-31(24)12-13-32(25,36-31)29(30)7-6-28(30)22-3-2-21-9-14-34-19-23(21)16-22;1-30-10-8-24-15-23-4-5-25(34-18-27(35)28(36)19-34)16-31(23)11-12-32(24,37-31)29(30)7-6-26(30)21-3-2-20-9-13-33-17-22(20)14-21;1-29-10-8-24-15-23-4-5-26(34-18-25(32)19-34)16-30(23)11-12-31(24,35-30)28(29)7-6-27(29)21-3-2-20-9-13-33-17-22(20)14-21;1-28-10-8-23-15-22-4-5-24(34-18-27(31)33)16-29(22)11-12-30(23,35-29)26(28)7-6-25(28)20-3-2-19-9-13-32-17-21(19)14-20/h2-3,8-9,14,16-17,19,26-29H,4-7,10-13,15,18,20,33H2,1H3;2-3,8-9,13-15,17,25-29,35-36H,4-7,10-12,16,18-19H2,1H3;2-3,8-9,13-15,17,25-28H,4-7,10-12,16,18-19,32H2,1H3;2-3,8-9,13-15,17,24-26H,4-7,10-12,16,18H2,1H3,(H2,31,33)/t26-,27-,28-,29-,30-,31-,32?;25-,26-,27+,28+,29-,30-,31-,32?;26-,27-,28-,29-,30-,31?;24-,25-,26-,28-,29-,30?/m1111/s1. The summed E-state index contributed by atoms with van der Waals surface area (Å²) in [5.74, 6) is 4.05. The maximum atomic E-state index is 11.3. The second-order valence-electron chi connectivity index (χ2n) is 50.9. The molecule has 12 aliphatic carbocycles. The number of primary amides is 1. The predicted octanol–water partition coefficient (Wildman–Crippen LogP) is 21.6. The Kier molecular flexibility index (Phi) is 21.5. The topological polar surface area (TPSA) is 243 Å². The average molecular weight is 1920 g/mol. The molecule has 8 saturated carbocycles. The summed E-state index contributed by atoms with van der Waals surface area (Å²) in [7, 11) is 0. The minimum atomic E-state index is -0.619. The molecule has 18 heteroatoms. The normalized spacial score (nSPS) is 42.6. The summed E-state index contributed by atoms with van der Waals surface area (Å²) in [6.07, 6.45) is 72.8. The number of hydrogen-bond acceptors (Lipinski definition) is 17. The lowest BCUT2D eigenvalue weighted by molar-refractivity contribution is -0.152. The predicted molar refractivity (Wildman–Crippen MR) is 561 cm³/mol. The molecule has 4 aromatic heterocycles. The zero-order chi connectivity index (χ0) is 96.4. The molecule has 18 nitrogen and oxygen atoms in total. The molecule has 1 amide bonds. The molecule has 15 fully saturated rings. The molecule has 8 aromatic rings. The first-order valence-electron chi connectivity index (χ1n) is 56.1. The molecule has 746 valence electrons. The van der Waals surface area contributed by atoms with Crippen molar-refractivity contribution in [2.75, 3.05) is 45.9 Å². The van der Waals surface area contributed by atoms with Crippen LogP contribution in [0.25, 0.3) is 43.1 Å². The number of amides is 1. The minimum absolute atomic E-state index is 0.000254. The molecule has 11 aliphatic heterocycles. The Bertz CT molecular complexity index is 6780. The maximum Gasteiger partial charge on any atom is 0.243 e. The zero-order valence-electron chi connectivity index (χ0n) is 84.7. The first-order chi connectivity index (χ1) is 69.3. The Morgan fingerprint density at radius 1 is 0.364 bits per heavy atom. The van der Waals surface area contributed by atoms with Crippen molar-refractivity contribution >= 4 is 49.0 Å². The highest BCUT2D eigenvalue weighted by Gasteiger charge is 2.73. The summed E-state index contributed by atoms with van der Waals surface area (Å²) in [5, 5.41) is 30.4. The van der Waals surface area contributed by atoms with E-state index in [4.69, 9.17) is 40.9 Å². The van der Waals surface area contributed by atoms with Gasteiger partial charge in [-0.25, -0.2) is 0 Å². The number of allylic oxidation sites excluding steroid dienone is 4. The molecular formula is C125H148N10O8. The van der Waals surface area contributed by atoms with Gasteiger partial charge in [-0.1, -0.05) is 125 Å². The molecule has 4 unspecified atom stereocenters. The molecule has 4 aromatic carbocycles. The number of carbonyl (C=O) groups is 1. The van der Waals surface area contributed by atoms with Crippen molar-refractivity contribution in [3.05, 3.63) is 262 Å². The molecule has 8 bridgehead atoms.